The van der Waals surface area contributed by atoms with Gasteiger partial charge >= 0.3 is 5.97 Å². The van der Waals surface area contributed by atoms with Gasteiger partial charge in [-0.3, -0.25) is 14.9 Å². The van der Waals surface area contributed by atoms with Gasteiger partial charge in [-0.15, -0.1) is 0 Å². The first-order chi connectivity index (χ1) is 16.9. The van der Waals surface area contributed by atoms with E-state index >= 15 is 0 Å². The fourth-order valence-electron chi connectivity index (χ4n) is 4.30. The van der Waals surface area contributed by atoms with Crippen LogP contribution in [0.1, 0.15) is 42.9 Å². The van der Waals surface area contributed by atoms with E-state index in [9.17, 15) is 14.7 Å². The average Bonchev–Trinajstić information content (AvgIpc) is 2.99. The van der Waals surface area contributed by atoms with E-state index in [2.05, 4.69) is 31.3 Å². The molecule has 1 amide bonds. The van der Waals surface area contributed by atoms with Crippen molar-refractivity contribution < 1.29 is 19.4 Å². The van der Waals surface area contributed by atoms with Gasteiger partial charge in [0, 0.05) is 0 Å². The molecule has 182 valence electrons. The largest absolute Gasteiger partial charge is 0.489 e. The number of nitrogens with zero attached hydrogens (tertiary/aromatic N) is 1. The molecule has 0 spiro atoms. The number of carboxylic acids is 1. The van der Waals surface area contributed by atoms with E-state index in [0.717, 1.165) is 11.1 Å². The molecule has 3 aromatic rings. The summed E-state index contributed by atoms with van der Waals surface area (Å²) in [6.45, 7) is 4.73. The standard InChI is InChI=1S/C29H32N2O4/c1-20(2)23-15-12-22(13-16-23)18-31-26-10-6-7-11-27(26)35-19-25(28(31)32)30-24(29(33)34)17-14-21-8-4-3-5-9-21/h3-13,15-16,20,24-25,30H,14,17-19H2,1-2H3,(H,33,34)/t24-,25?/m0/s1. The van der Waals surface area contributed by atoms with Crippen LogP contribution in [0.15, 0.2) is 78.9 Å². The first kappa shape index (κ1) is 24.5. The van der Waals surface area contributed by atoms with E-state index in [0.29, 0.717) is 36.7 Å². The molecule has 2 atom stereocenters. The molecule has 1 unspecified atom stereocenters. The Morgan fingerprint density at radius 3 is 2.37 bits per heavy atom. The van der Waals surface area contributed by atoms with Crippen LogP contribution in [0.2, 0.25) is 0 Å². The maximum absolute atomic E-state index is 13.7. The summed E-state index contributed by atoms with van der Waals surface area (Å²) in [5.74, 6) is -0.143. The van der Waals surface area contributed by atoms with E-state index in [1.807, 2.05) is 66.7 Å². The number of nitrogens with one attached hydrogen (secondary N) is 1. The molecule has 3 aromatic carbocycles. The molecule has 35 heavy (non-hydrogen) atoms. The summed E-state index contributed by atoms with van der Waals surface area (Å²) in [5, 5.41) is 12.9. The average molecular weight is 473 g/mol. The Bertz CT molecular complexity index is 1140. The molecule has 2 N–H and O–H groups in total. The van der Waals surface area contributed by atoms with Crippen molar-refractivity contribution in [2.24, 2.45) is 0 Å². The molecule has 0 saturated heterocycles. The van der Waals surface area contributed by atoms with Crippen LogP contribution in [0.5, 0.6) is 5.75 Å². The molecule has 1 aliphatic rings. The highest BCUT2D eigenvalue weighted by Crippen LogP contribution is 2.32. The second-order valence-electron chi connectivity index (χ2n) is 9.23. The number of hydrogen-bond acceptors (Lipinski definition) is 4. The van der Waals surface area contributed by atoms with Gasteiger partial charge < -0.3 is 14.7 Å². The summed E-state index contributed by atoms with van der Waals surface area (Å²) in [6, 6.07) is 23.8. The van der Waals surface area contributed by atoms with Crippen molar-refractivity contribution in [3.63, 3.8) is 0 Å². The fourth-order valence-corrected chi connectivity index (χ4v) is 4.30. The summed E-state index contributed by atoms with van der Waals surface area (Å²) in [7, 11) is 0. The van der Waals surface area contributed by atoms with Crippen molar-refractivity contribution in [1.82, 2.24) is 5.32 Å². The number of aliphatic carboxylic acids is 1. The maximum atomic E-state index is 13.7. The molecule has 0 aromatic heterocycles. The minimum atomic E-state index is -0.980. The van der Waals surface area contributed by atoms with Crippen LogP contribution in [0, 0.1) is 0 Å². The zero-order valence-corrected chi connectivity index (χ0v) is 20.2. The summed E-state index contributed by atoms with van der Waals surface area (Å²) in [6.07, 6.45) is 0.964. The minimum absolute atomic E-state index is 0.0632. The van der Waals surface area contributed by atoms with Crippen molar-refractivity contribution in [2.45, 2.75) is 51.2 Å². The van der Waals surface area contributed by atoms with Gasteiger partial charge in [0.2, 0.25) is 5.91 Å². The fraction of sp³-hybridized carbons (Fsp3) is 0.310. The van der Waals surface area contributed by atoms with Gasteiger partial charge in [-0.05, 0) is 47.6 Å². The van der Waals surface area contributed by atoms with Crippen LogP contribution in [0.25, 0.3) is 0 Å². The highest BCUT2D eigenvalue weighted by Gasteiger charge is 2.34. The first-order valence-electron chi connectivity index (χ1n) is 12.1. The third kappa shape index (κ3) is 6.08. The smallest absolute Gasteiger partial charge is 0.320 e. The number of aryl methyl sites for hydroxylation is 1. The molecule has 6 nitrogen and oxygen atoms in total. The normalized spacial score (nSPS) is 16.4. The molecule has 0 bridgehead atoms. The molecule has 4 rings (SSSR count). The van der Waals surface area contributed by atoms with Gasteiger partial charge in [0.25, 0.3) is 0 Å². The van der Waals surface area contributed by atoms with E-state index in [1.165, 1.54) is 5.56 Å². The first-order valence-corrected chi connectivity index (χ1v) is 12.1. The Morgan fingerprint density at radius 1 is 1.00 bits per heavy atom. The number of para-hydroxylation sites is 2. The molecule has 0 aliphatic carbocycles. The van der Waals surface area contributed by atoms with Crippen LogP contribution in [-0.2, 0) is 22.6 Å². The summed E-state index contributed by atoms with van der Waals surface area (Å²) in [5.41, 5.74) is 3.98. The Hall–Kier alpha value is -3.64. The van der Waals surface area contributed by atoms with Gasteiger partial charge in [-0.2, -0.15) is 0 Å². The van der Waals surface area contributed by atoms with Crippen LogP contribution in [0.3, 0.4) is 0 Å². The lowest BCUT2D eigenvalue weighted by molar-refractivity contribution is -0.140. The number of anilines is 1. The SMILES string of the molecule is CC(C)c1ccc(CN2C(=O)C(N[C@@H](CCc3ccccc3)C(=O)O)COc3ccccc32)cc1. The second-order valence-corrected chi connectivity index (χ2v) is 9.23. The van der Waals surface area contributed by atoms with Gasteiger partial charge in [0.05, 0.1) is 12.2 Å². The third-order valence-corrected chi connectivity index (χ3v) is 6.38. The van der Waals surface area contributed by atoms with Crippen molar-refractivity contribution in [3.8, 4) is 5.75 Å². The van der Waals surface area contributed by atoms with Gasteiger partial charge in [-0.25, -0.2) is 0 Å². The molecule has 6 heteroatoms. The lowest BCUT2D eigenvalue weighted by Crippen LogP contribution is -2.53. The van der Waals surface area contributed by atoms with Gasteiger partial charge in [0.1, 0.15) is 24.4 Å². The molecule has 0 radical (unpaired) electrons. The van der Waals surface area contributed by atoms with Crippen LogP contribution < -0.4 is 15.0 Å². The predicted molar refractivity (Wildman–Crippen MR) is 137 cm³/mol. The van der Waals surface area contributed by atoms with E-state index in [-0.39, 0.29) is 12.5 Å². The number of benzene rings is 3. The van der Waals surface area contributed by atoms with Crippen molar-refractivity contribution in [3.05, 3.63) is 95.6 Å². The lowest BCUT2D eigenvalue weighted by Gasteiger charge is -2.27. The third-order valence-electron chi connectivity index (χ3n) is 6.38. The number of carbonyl (C=O) groups excluding carboxylic acids is 1. The molecule has 1 aliphatic heterocycles. The number of carboxylic acid groups (broad SMARTS) is 1. The quantitative estimate of drug-likeness (QED) is 0.469. The zero-order chi connectivity index (χ0) is 24.8. The molecular formula is C29H32N2O4. The molecule has 0 saturated carbocycles. The van der Waals surface area contributed by atoms with Crippen LogP contribution in [0.4, 0.5) is 5.69 Å². The molecular weight excluding hydrogens is 440 g/mol. The number of amides is 1. The number of rotatable bonds is 9. The van der Waals surface area contributed by atoms with E-state index in [1.54, 1.807) is 4.90 Å². The minimum Gasteiger partial charge on any atom is -0.489 e. The predicted octanol–water partition coefficient (Wildman–Crippen LogP) is 4.78. The zero-order valence-electron chi connectivity index (χ0n) is 20.2. The van der Waals surface area contributed by atoms with Crippen molar-refractivity contribution in [2.75, 3.05) is 11.5 Å². The van der Waals surface area contributed by atoms with Crippen molar-refractivity contribution >= 4 is 17.6 Å². The van der Waals surface area contributed by atoms with Crippen LogP contribution >= 0.6 is 0 Å². The maximum Gasteiger partial charge on any atom is 0.320 e. The monoisotopic (exact) mass is 472 g/mol. The topological polar surface area (TPSA) is 78.9 Å². The highest BCUT2D eigenvalue weighted by atomic mass is 16.5. The Balaban J connectivity index is 1.54. The molecule has 1 heterocycles. The number of hydrogen-bond donors (Lipinski definition) is 2. The lowest BCUT2D eigenvalue weighted by atomic mass is 10.0. The Morgan fingerprint density at radius 2 is 1.69 bits per heavy atom. The van der Waals surface area contributed by atoms with Crippen molar-refractivity contribution in [1.29, 1.82) is 0 Å². The number of fused-ring (bicyclic) bond motifs is 1. The summed E-state index contributed by atoms with van der Waals surface area (Å²) < 4.78 is 5.98. The summed E-state index contributed by atoms with van der Waals surface area (Å²) >= 11 is 0. The molecule has 0 fully saturated rings. The number of carbonyl (C=O) groups is 2. The van der Waals surface area contributed by atoms with Gasteiger partial charge in [-0.1, -0.05) is 80.6 Å². The summed E-state index contributed by atoms with van der Waals surface area (Å²) in [4.78, 5) is 27.4. The van der Waals surface area contributed by atoms with Gasteiger partial charge in [0.15, 0.2) is 0 Å². The Labute approximate surface area is 206 Å². The van der Waals surface area contributed by atoms with E-state index < -0.39 is 18.1 Å². The van der Waals surface area contributed by atoms with E-state index in [4.69, 9.17) is 4.74 Å². The second kappa shape index (κ2) is 11.2. The van der Waals surface area contributed by atoms with Crippen LogP contribution in [-0.4, -0.2) is 35.7 Å². The highest BCUT2D eigenvalue weighted by molar-refractivity contribution is 5.99. The number of ether oxygens (including phenoxy) is 1. The Kier molecular flexibility index (Phi) is 7.83.